The molecule has 130 valence electrons. The average Bonchev–Trinajstić information content (AvgIpc) is 2.96. The SMILES string of the molecule is CCOC(=O)NC(=O)C1CCSC1NC(=O)C1CNC(O)CN1. The second-order valence-corrected chi connectivity index (χ2v) is 6.54. The van der Waals surface area contributed by atoms with Gasteiger partial charge in [0, 0.05) is 13.1 Å². The number of piperazine rings is 1. The van der Waals surface area contributed by atoms with Gasteiger partial charge in [-0.15, -0.1) is 11.8 Å². The number of rotatable bonds is 4. The van der Waals surface area contributed by atoms with Crippen molar-refractivity contribution in [3.05, 3.63) is 0 Å². The zero-order chi connectivity index (χ0) is 16.8. The molecule has 0 bridgehead atoms. The Morgan fingerprint density at radius 3 is 2.70 bits per heavy atom. The lowest BCUT2D eigenvalue weighted by Gasteiger charge is -2.29. The molecule has 0 aliphatic carbocycles. The molecule has 0 aromatic heterocycles. The van der Waals surface area contributed by atoms with Crippen LogP contribution in [0.4, 0.5) is 4.79 Å². The largest absolute Gasteiger partial charge is 0.450 e. The highest BCUT2D eigenvalue weighted by Gasteiger charge is 2.37. The lowest BCUT2D eigenvalue weighted by atomic mass is 10.1. The van der Waals surface area contributed by atoms with E-state index in [0.717, 1.165) is 5.75 Å². The molecule has 0 radical (unpaired) electrons. The van der Waals surface area contributed by atoms with Crippen molar-refractivity contribution < 1.29 is 24.2 Å². The smallest absolute Gasteiger partial charge is 0.413 e. The average molecular weight is 346 g/mol. The van der Waals surface area contributed by atoms with Crippen LogP contribution in [0.25, 0.3) is 0 Å². The normalized spacial score (nSPS) is 30.5. The zero-order valence-corrected chi connectivity index (χ0v) is 13.6. The molecule has 4 atom stereocenters. The second kappa shape index (κ2) is 8.48. The minimum Gasteiger partial charge on any atom is -0.450 e. The maximum Gasteiger partial charge on any atom is 0.413 e. The number of aliphatic hydroxyl groups excluding tert-OH is 1. The number of alkyl carbamates (subject to hydrolysis) is 1. The molecule has 0 aromatic rings. The van der Waals surface area contributed by atoms with Gasteiger partial charge >= 0.3 is 6.09 Å². The third-order valence-corrected chi connectivity index (χ3v) is 4.92. The Morgan fingerprint density at radius 2 is 2.04 bits per heavy atom. The van der Waals surface area contributed by atoms with Gasteiger partial charge in [0.2, 0.25) is 11.8 Å². The van der Waals surface area contributed by atoms with Crippen LogP contribution in [0.15, 0.2) is 0 Å². The van der Waals surface area contributed by atoms with E-state index in [-0.39, 0.29) is 24.4 Å². The molecule has 0 aromatic carbocycles. The van der Waals surface area contributed by atoms with Gasteiger partial charge in [0.1, 0.15) is 6.23 Å². The molecule has 10 heteroatoms. The van der Waals surface area contributed by atoms with E-state index in [1.807, 2.05) is 0 Å². The molecule has 2 fully saturated rings. The minimum atomic E-state index is -0.772. The molecular formula is C13H22N4O5S. The highest BCUT2D eigenvalue weighted by atomic mass is 32.2. The number of amides is 3. The summed E-state index contributed by atoms with van der Waals surface area (Å²) in [6.07, 6.45) is -0.856. The number of hydrogen-bond acceptors (Lipinski definition) is 8. The summed E-state index contributed by atoms with van der Waals surface area (Å²) < 4.78 is 4.69. The van der Waals surface area contributed by atoms with Crippen LogP contribution in [0.1, 0.15) is 13.3 Å². The lowest BCUT2D eigenvalue weighted by molar-refractivity contribution is -0.126. The summed E-state index contributed by atoms with van der Waals surface area (Å²) in [6, 6.07) is -0.464. The molecular weight excluding hydrogens is 324 g/mol. The van der Waals surface area contributed by atoms with Crippen molar-refractivity contribution in [3.63, 3.8) is 0 Å². The van der Waals surface area contributed by atoms with Crippen molar-refractivity contribution in [1.82, 2.24) is 21.3 Å². The van der Waals surface area contributed by atoms with Crippen LogP contribution < -0.4 is 21.3 Å². The van der Waals surface area contributed by atoms with Gasteiger partial charge in [-0.3, -0.25) is 20.2 Å². The monoisotopic (exact) mass is 346 g/mol. The van der Waals surface area contributed by atoms with E-state index in [1.54, 1.807) is 6.92 Å². The molecule has 0 saturated carbocycles. The van der Waals surface area contributed by atoms with E-state index in [0.29, 0.717) is 13.0 Å². The third kappa shape index (κ3) is 5.06. The molecule has 23 heavy (non-hydrogen) atoms. The first-order valence-electron chi connectivity index (χ1n) is 7.55. The molecule has 2 rings (SSSR count). The maximum atomic E-state index is 12.2. The Balaban J connectivity index is 1.85. The Labute approximate surface area is 138 Å². The predicted molar refractivity (Wildman–Crippen MR) is 83.5 cm³/mol. The van der Waals surface area contributed by atoms with Crippen LogP contribution in [-0.2, 0) is 14.3 Å². The minimum absolute atomic E-state index is 0.185. The van der Waals surface area contributed by atoms with Gasteiger partial charge in [-0.2, -0.15) is 0 Å². The summed E-state index contributed by atoms with van der Waals surface area (Å²) in [5.74, 6) is -0.432. The summed E-state index contributed by atoms with van der Waals surface area (Å²) in [5.41, 5.74) is 0. The first-order valence-corrected chi connectivity index (χ1v) is 8.60. The first-order chi connectivity index (χ1) is 11.0. The summed E-state index contributed by atoms with van der Waals surface area (Å²) in [4.78, 5) is 35.7. The van der Waals surface area contributed by atoms with Crippen LogP contribution in [-0.4, -0.2) is 66.1 Å². The van der Waals surface area contributed by atoms with Gasteiger partial charge < -0.3 is 20.5 Å². The van der Waals surface area contributed by atoms with Gasteiger partial charge in [-0.05, 0) is 19.1 Å². The molecule has 2 aliphatic heterocycles. The number of thioether (sulfide) groups is 1. The second-order valence-electron chi connectivity index (χ2n) is 5.29. The number of ether oxygens (including phenoxy) is 1. The lowest BCUT2D eigenvalue weighted by Crippen LogP contribution is -2.60. The topological polar surface area (TPSA) is 129 Å². The van der Waals surface area contributed by atoms with Crippen molar-refractivity contribution in [2.24, 2.45) is 5.92 Å². The van der Waals surface area contributed by atoms with Gasteiger partial charge in [-0.1, -0.05) is 0 Å². The fourth-order valence-corrected chi connectivity index (χ4v) is 3.77. The zero-order valence-electron chi connectivity index (χ0n) is 12.8. The Morgan fingerprint density at radius 1 is 1.26 bits per heavy atom. The number of imide groups is 1. The van der Waals surface area contributed by atoms with Gasteiger partial charge in [0.15, 0.2) is 0 Å². The van der Waals surface area contributed by atoms with E-state index in [1.165, 1.54) is 11.8 Å². The summed E-state index contributed by atoms with van der Waals surface area (Å²) >= 11 is 1.47. The molecule has 0 spiro atoms. The highest BCUT2D eigenvalue weighted by Crippen LogP contribution is 2.30. The van der Waals surface area contributed by atoms with Crippen molar-refractivity contribution >= 4 is 29.7 Å². The number of β-amino-alcohol motifs (C(OH)–C–C–N with tert-alkyl or cyclic N) is 1. The van der Waals surface area contributed by atoms with E-state index in [9.17, 15) is 19.5 Å². The quantitative estimate of drug-likeness (QED) is 0.409. The maximum absolute atomic E-state index is 12.2. The molecule has 2 saturated heterocycles. The molecule has 2 aliphatic rings. The van der Waals surface area contributed by atoms with Crippen molar-refractivity contribution in [2.45, 2.75) is 31.0 Å². The molecule has 3 amide bonds. The van der Waals surface area contributed by atoms with E-state index < -0.39 is 30.2 Å². The van der Waals surface area contributed by atoms with Gasteiger partial charge in [0.25, 0.3) is 0 Å². The summed E-state index contributed by atoms with van der Waals surface area (Å²) in [7, 11) is 0. The standard InChI is InChI=1S/C13H22N4O5S/c1-2-22-13(21)17-10(19)7-3-4-23-12(7)16-11(20)8-5-15-9(18)6-14-8/h7-9,12,14-15,18H,2-6H2,1H3,(H,16,20)(H,17,19,21). The van der Waals surface area contributed by atoms with Crippen molar-refractivity contribution in [2.75, 3.05) is 25.4 Å². The van der Waals surface area contributed by atoms with Crippen LogP contribution in [0.2, 0.25) is 0 Å². The van der Waals surface area contributed by atoms with Crippen LogP contribution in [0, 0.1) is 5.92 Å². The summed E-state index contributed by atoms with van der Waals surface area (Å²) in [5, 5.41) is 19.7. The fraction of sp³-hybridized carbons (Fsp3) is 0.769. The van der Waals surface area contributed by atoms with Crippen molar-refractivity contribution in [1.29, 1.82) is 0 Å². The van der Waals surface area contributed by atoms with E-state index >= 15 is 0 Å². The molecule has 5 N–H and O–H groups in total. The van der Waals surface area contributed by atoms with Gasteiger partial charge in [-0.25, -0.2) is 4.79 Å². The van der Waals surface area contributed by atoms with Gasteiger partial charge in [0.05, 0.1) is 23.9 Å². The summed E-state index contributed by atoms with van der Waals surface area (Å²) in [6.45, 7) is 2.43. The molecule has 4 unspecified atom stereocenters. The highest BCUT2D eigenvalue weighted by molar-refractivity contribution is 8.00. The fourth-order valence-electron chi connectivity index (χ4n) is 2.44. The van der Waals surface area contributed by atoms with E-state index in [2.05, 4.69) is 26.0 Å². The third-order valence-electron chi connectivity index (χ3n) is 3.65. The number of carbonyl (C=O) groups is 3. The van der Waals surface area contributed by atoms with Crippen LogP contribution in [0.3, 0.4) is 0 Å². The van der Waals surface area contributed by atoms with Crippen molar-refractivity contribution in [3.8, 4) is 0 Å². The Kier molecular flexibility index (Phi) is 6.63. The first kappa shape index (κ1) is 18.0. The molecule has 9 nitrogen and oxygen atoms in total. The number of carbonyl (C=O) groups excluding carboxylic acids is 3. The van der Waals surface area contributed by atoms with Crippen LogP contribution in [0.5, 0.6) is 0 Å². The Bertz CT molecular complexity index is 456. The number of nitrogens with one attached hydrogen (secondary N) is 4. The van der Waals surface area contributed by atoms with Crippen LogP contribution >= 0.6 is 11.8 Å². The number of aliphatic hydroxyl groups is 1. The predicted octanol–water partition coefficient (Wildman–Crippen LogP) is -1.67. The van der Waals surface area contributed by atoms with E-state index in [4.69, 9.17) is 0 Å². The number of hydrogen-bond donors (Lipinski definition) is 5. The molecule has 2 heterocycles. The Hall–Kier alpha value is -1.36.